The van der Waals surface area contributed by atoms with Gasteiger partial charge >= 0.3 is 0 Å². The third kappa shape index (κ3) is 2.38. The van der Waals surface area contributed by atoms with E-state index in [-0.39, 0.29) is 0 Å². The van der Waals surface area contributed by atoms with Crippen LogP contribution in [0.3, 0.4) is 0 Å². The summed E-state index contributed by atoms with van der Waals surface area (Å²) in [7, 11) is 0. The summed E-state index contributed by atoms with van der Waals surface area (Å²) < 4.78 is 2.71. The predicted octanol–water partition coefficient (Wildman–Crippen LogP) is 3.58. The summed E-state index contributed by atoms with van der Waals surface area (Å²) in [6, 6.07) is 7.72. The van der Waals surface area contributed by atoms with Crippen LogP contribution in [-0.2, 0) is 13.0 Å². The second kappa shape index (κ2) is 5.19. The van der Waals surface area contributed by atoms with E-state index in [4.69, 9.17) is 17.5 Å². The number of aryl methyl sites for hydroxylation is 3. The SMILES string of the molecule is Cc1nc(CCn2c(=S)[nH]c3ccc(C#N)cc32)cs1. The number of fused-ring (bicyclic) bond motifs is 1. The average Bonchev–Trinajstić information content (AvgIpc) is 2.98. The van der Waals surface area contributed by atoms with Gasteiger partial charge in [-0.2, -0.15) is 5.26 Å². The molecule has 0 amide bonds. The van der Waals surface area contributed by atoms with Crippen LogP contribution in [0, 0.1) is 23.0 Å². The number of nitrogens with zero attached hydrogens (tertiary/aromatic N) is 3. The van der Waals surface area contributed by atoms with Gasteiger partial charge in [-0.25, -0.2) is 4.98 Å². The molecule has 0 saturated carbocycles. The van der Waals surface area contributed by atoms with Crippen molar-refractivity contribution in [3.05, 3.63) is 44.6 Å². The van der Waals surface area contributed by atoms with Crippen molar-refractivity contribution in [3.63, 3.8) is 0 Å². The van der Waals surface area contributed by atoms with Crippen LogP contribution in [0.1, 0.15) is 16.3 Å². The Hall–Kier alpha value is -1.97. The van der Waals surface area contributed by atoms with E-state index in [1.165, 1.54) is 0 Å². The molecule has 100 valence electrons. The maximum atomic E-state index is 9.00. The maximum Gasteiger partial charge on any atom is 0.178 e. The van der Waals surface area contributed by atoms with Gasteiger partial charge in [-0.05, 0) is 37.3 Å². The van der Waals surface area contributed by atoms with Gasteiger partial charge in [0.15, 0.2) is 4.77 Å². The lowest BCUT2D eigenvalue weighted by Gasteiger charge is -2.03. The Bertz CT molecular complexity index is 863. The lowest BCUT2D eigenvalue weighted by Crippen LogP contribution is -2.01. The van der Waals surface area contributed by atoms with E-state index >= 15 is 0 Å². The Morgan fingerprint density at radius 1 is 1.50 bits per heavy atom. The highest BCUT2D eigenvalue weighted by Gasteiger charge is 2.06. The first-order valence-electron chi connectivity index (χ1n) is 6.21. The molecule has 20 heavy (non-hydrogen) atoms. The van der Waals surface area contributed by atoms with Gasteiger partial charge in [0.25, 0.3) is 0 Å². The molecule has 4 nitrogen and oxygen atoms in total. The van der Waals surface area contributed by atoms with Crippen molar-refractivity contribution < 1.29 is 0 Å². The molecular formula is C14H12N4S2. The first-order chi connectivity index (χ1) is 9.67. The Balaban J connectivity index is 1.96. The van der Waals surface area contributed by atoms with E-state index in [0.717, 1.165) is 34.7 Å². The maximum absolute atomic E-state index is 9.00. The third-order valence-electron chi connectivity index (χ3n) is 3.16. The molecule has 0 aliphatic carbocycles. The monoisotopic (exact) mass is 300 g/mol. The van der Waals surface area contributed by atoms with E-state index in [0.29, 0.717) is 10.3 Å². The summed E-state index contributed by atoms with van der Waals surface area (Å²) in [5.74, 6) is 0. The van der Waals surface area contributed by atoms with Crippen molar-refractivity contribution in [2.24, 2.45) is 0 Å². The molecule has 0 atom stereocenters. The van der Waals surface area contributed by atoms with Gasteiger partial charge in [0, 0.05) is 18.3 Å². The molecule has 0 saturated heterocycles. The van der Waals surface area contributed by atoms with Crippen LogP contribution in [0.15, 0.2) is 23.6 Å². The lowest BCUT2D eigenvalue weighted by molar-refractivity contribution is 0.697. The second-order valence-corrected chi connectivity index (χ2v) is 5.98. The summed E-state index contributed by atoms with van der Waals surface area (Å²) in [4.78, 5) is 7.63. The van der Waals surface area contributed by atoms with Gasteiger partial charge in [-0.15, -0.1) is 11.3 Å². The number of aromatic nitrogens is 3. The number of hydrogen-bond donors (Lipinski definition) is 1. The molecule has 1 aromatic carbocycles. The molecule has 0 unspecified atom stereocenters. The van der Waals surface area contributed by atoms with Crippen molar-refractivity contribution >= 4 is 34.6 Å². The first kappa shape index (κ1) is 13.0. The number of thiazole rings is 1. The van der Waals surface area contributed by atoms with E-state index in [2.05, 4.69) is 21.4 Å². The van der Waals surface area contributed by atoms with Crippen LogP contribution in [-0.4, -0.2) is 14.5 Å². The van der Waals surface area contributed by atoms with Gasteiger partial charge in [0.1, 0.15) is 0 Å². The normalized spacial score (nSPS) is 10.8. The number of rotatable bonds is 3. The molecule has 6 heteroatoms. The highest BCUT2D eigenvalue weighted by molar-refractivity contribution is 7.71. The molecule has 2 heterocycles. The molecule has 2 aromatic heterocycles. The van der Waals surface area contributed by atoms with Crippen LogP contribution >= 0.6 is 23.6 Å². The van der Waals surface area contributed by atoms with E-state index in [1.807, 2.05) is 23.6 Å². The molecule has 0 fully saturated rings. The standard InChI is InChI=1S/C14H12N4S2/c1-9-16-11(8-20-9)4-5-18-13-6-10(7-15)2-3-12(13)17-14(18)19/h2-3,6,8H,4-5H2,1H3,(H,17,19). The molecule has 3 aromatic rings. The molecule has 0 spiro atoms. The minimum atomic E-state index is 0.643. The predicted molar refractivity (Wildman–Crippen MR) is 82.4 cm³/mol. The molecule has 0 bridgehead atoms. The zero-order valence-corrected chi connectivity index (χ0v) is 12.5. The van der Waals surface area contributed by atoms with Crippen molar-refractivity contribution in [1.82, 2.24) is 14.5 Å². The van der Waals surface area contributed by atoms with Gasteiger partial charge in [0.05, 0.1) is 33.4 Å². The Morgan fingerprint density at radius 2 is 2.35 bits per heavy atom. The third-order valence-corrected chi connectivity index (χ3v) is 4.31. The fraction of sp³-hybridized carbons (Fsp3) is 0.214. The van der Waals surface area contributed by atoms with Crippen molar-refractivity contribution in [2.45, 2.75) is 19.9 Å². The number of nitrogens with one attached hydrogen (secondary N) is 1. The van der Waals surface area contributed by atoms with E-state index < -0.39 is 0 Å². The van der Waals surface area contributed by atoms with Gasteiger partial charge in [-0.3, -0.25) is 0 Å². The Kier molecular flexibility index (Phi) is 3.38. The first-order valence-corrected chi connectivity index (χ1v) is 7.50. The van der Waals surface area contributed by atoms with E-state index in [1.54, 1.807) is 17.4 Å². The minimum Gasteiger partial charge on any atom is -0.331 e. The van der Waals surface area contributed by atoms with Crippen LogP contribution in [0.25, 0.3) is 11.0 Å². The smallest absolute Gasteiger partial charge is 0.178 e. The second-order valence-electron chi connectivity index (χ2n) is 4.53. The van der Waals surface area contributed by atoms with Gasteiger partial charge in [-0.1, -0.05) is 0 Å². The highest BCUT2D eigenvalue weighted by Crippen LogP contribution is 2.17. The quantitative estimate of drug-likeness (QED) is 0.752. The number of hydrogen-bond acceptors (Lipinski definition) is 4. The molecular weight excluding hydrogens is 288 g/mol. The van der Waals surface area contributed by atoms with Crippen LogP contribution in [0.5, 0.6) is 0 Å². The van der Waals surface area contributed by atoms with Crippen LogP contribution in [0.4, 0.5) is 0 Å². The Morgan fingerprint density at radius 3 is 3.05 bits per heavy atom. The van der Waals surface area contributed by atoms with E-state index in [9.17, 15) is 0 Å². The molecule has 1 N–H and O–H groups in total. The summed E-state index contributed by atoms with van der Waals surface area (Å²) in [5.41, 5.74) is 3.66. The number of H-pyrrole nitrogens is 1. The van der Waals surface area contributed by atoms with Crippen molar-refractivity contribution in [1.29, 1.82) is 5.26 Å². The number of aromatic amines is 1. The summed E-state index contributed by atoms with van der Waals surface area (Å²) in [5, 5.41) is 12.2. The Labute approximate surface area is 125 Å². The van der Waals surface area contributed by atoms with Crippen LogP contribution in [0.2, 0.25) is 0 Å². The largest absolute Gasteiger partial charge is 0.331 e. The zero-order chi connectivity index (χ0) is 14.1. The molecule has 0 aliphatic rings. The topological polar surface area (TPSA) is 57.4 Å². The average molecular weight is 300 g/mol. The molecule has 3 rings (SSSR count). The number of imidazole rings is 1. The molecule has 0 radical (unpaired) electrons. The van der Waals surface area contributed by atoms with Crippen molar-refractivity contribution in [2.75, 3.05) is 0 Å². The van der Waals surface area contributed by atoms with Gasteiger partial charge in [0.2, 0.25) is 0 Å². The summed E-state index contributed by atoms with van der Waals surface area (Å²) in [6.07, 6.45) is 0.836. The zero-order valence-electron chi connectivity index (χ0n) is 10.9. The number of benzene rings is 1. The van der Waals surface area contributed by atoms with Crippen LogP contribution < -0.4 is 0 Å². The van der Waals surface area contributed by atoms with Crippen molar-refractivity contribution in [3.8, 4) is 6.07 Å². The lowest BCUT2D eigenvalue weighted by atomic mass is 10.2. The fourth-order valence-corrected chi connectivity index (χ4v) is 3.14. The number of nitriles is 1. The van der Waals surface area contributed by atoms with Gasteiger partial charge < -0.3 is 9.55 Å². The summed E-state index contributed by atoms with van der Waals surface area (Å²) in [6.45, 7) is 2.77. The fourth-order valence-electron chi connectivity index (χ4n) is 2.19. The minimum absolute atomic E-state index is 0.643. The summed E-state index contributed by atoms with van der Waals surface area (Å²) >= 11 is 7.02. The highest BCUT2D eigenvalue weighted by atomic mass is 32.1. The molecule has 0 aliphatic heterocycles.